The molecule has 0 aliphatic carbocycles. The molecular weight excluding hydrogens is 564 g/mol. The number of hydrogen-bond donors (Lipinski definition) is 0. The van der Waals surface area contributed by atoms with Crippen molar-refractivity contribution in [3.8, 4) is 11.4 Å². The molecule has 230 valence electrons. The second kappa shape index (κ2) is 10.3. The Kier molecular flexibility index (Phi) is 6.65. The summed E-state index contributed by atoms with van der Waals surface area (Å²) in [5.74, 6) is 0. The summed E-state index contributed by atoms with van der Waals surface area (Å²) in [6.45, 7) is 21.0. The SMILES string of the molecule is Cc1cc(C)c(-n2c3cc(C)c(C)cc3c(=O)c3cc4c(cc32)c(=O)c2cc(C)c(C)cc2n4-c2cc(C)c(C)c(C)c2)c(C)c1. The van der Waals surface area contributed by atoms with Gasteiger partial charge >= 0.3 is 0 Å². The van der Waals surface area contributed by atoms with Crippen LogP contribution < -0.4 is 10.9 Å². The quantitative estimate of drug-likeness (QED) is 0.184. The molecule has 7 rings (SSSR count). The van der Waals surface area contributed by atoms with E-state index < -0.39 is 0 Å². The number of pyridine rings is 2. The minimum atomic E-state index is -0.0247. The first-order chi connectivity index (χ1) is 21.8. The van der Waals surface area contributed by atoms with Crippen LogP contribution in [0.1, 0.15) is 55.6 Å². The second-order valence-electron chi connectivity index (χ2n) is 13.6. The molecule has 46 heavy (non-hydrogen) atoms. The maximum atomic E-state index is 14.5. The monoisotopic (exact) mass is 604 g/mol. The Bertz CT molecular complexity index is 2570. The molecule has 0 fully saturated rings. The second-order valence-corrected chi connectivity index (χ2v) is 13.6. The maximum absolute atomic E-state index is 14.5. The van der Waals surface area contributed by atoms with Gasteiger partial charge in [0.2, 0.25) is 0 Å². The standard InChI is InChI=1S/C42H40N2O2/c1-21-11-28(8)40(29(9)12-21)44-37-18-25(5)23(3)16-33(37)42(46)35-19-38-34(20-39(35)44)41(45)32-15-22(2)24(4)17-36(32)43(38)31-13-26(6)30(10)27(7)14-31/h11-20H,1-10H3. The number of hydrogen-bond acceptors (Lipinski definition) is 2. The van der Waals surface area contributed by atoms with E-state index in [4.69, 9.17) is 0 Å². The summed E-state index contributed by atoms with van der Waals surface area (Å²) in [4.78, 5) is 29.1. The summed E-state index contributed by atoms with van der Waals surface area (Å²) in [5.41, 5.74) is 16.6. The number of rotatable bonds is 2. The topological polar surface area (TPSA) is 44.0 Å². The highest BCUT2D eigenvalue weighted by Gasteiger charge is 2.21. The van der Waals surface area contributed by atoms with Gasteiger partial charge in [-0.25, -0.2) is 0 Å². The molecule has 0 aliphatic heterocycles. The van der Waals surface area contributed by atoms with E-state index in [0.29, 0.717) is 21.5 Å². The van der Waals surface area contributed by atoms with E-state index in [0.717, 1.165) is 66.8 Å². The van der Waals surface area contributed by atoms with Crippen LogP contribution in [0.25, 0.3) is 55.0 Å². The highest BCUT2D eigenvalue weighted by atomic mass is 16.1. The van der Waals surface area contributed by atoms with E-state index in [2.05, 4.69) is 115 Å². The molecule has 0 unspecified atom stereocenters. The first kappa shape index (κ1) is 29.7. The Morgan fingerprint density at radius 1 is 0.370 bits per heavy atom. The van der Waals surface area contributed by atoms with E-state index in [1.165, 1.54) is 22.3 Å². The smallest absolute Gasteiger partial charge is 0.197 e. The molecule has 2 heterocycles. The molecule has 0 spiro atoms. The minimum Gasteiger partial charge on any atom is -0.309 e. The van der Waals surface area contributed by atoms with Crippen LogP contribution in [0.15, 0.2) is 70.3 Å². The lowest BCUT2D eigenvalue weighted by Crippen LogP contribution is -2.16. The number of nitrogens with zero attached hydrogens (tertiary/aromatic N) is 2. The summed E-state index contributed by atoms with van der Waals surface area (Å²) < 4.78 is 4.41. The van der Waals surface area contributed by atoms with Crippen LogP contribution >= 0.6 is 0 Å². The van der Waals surface area contributed by atoms with Gasteiger partial charge in [0.05, 0.1) is 27.8 Å². The summed E-state index contributed by atoms with van der Waals surface area (Å²) >= 11 is 0. The normalized spacial score (nSPS) is 11.9. The zero-order valence-electron chi connectivity index (χ0n) is 28.5. The average molecular weight is 605 g/mol. The van der Waals surface area contributed by atoms with Gasteiger partial charge in [-0.05, 0) is 168 Å². The summed E-state index contributed by atoms with van der Waals surface area (Å²) in [5, 5.41) is 2.55. The van der Waals surface area contributed by atoms with Gasteiger partial charge in [0.15, 0.2) is 10.9 Å². The molecule has 5 aromatic carbocycles. The summed E-state index contributed by atoms with van der Waals surface area (Å²) in [6, 6.07) is 21.0. The van der Waals surface area contributed by atoms with Crippen molar-refractivity contribution in [2.45, 2.75) is 69.2 Å². The zero-order valence-corrected chi connectivity index (χ0v) is 28.5. The predicted molar refractivity (Wildman–Crippen MR) is 195 cm³/mol. The fourth-order valence-corrected chi connectivity index (χ4v) is 7.38. The average Bonchev–Trinajstić information content (AvgIpc) is 2.99. The van der Waals surface area contributed by atoms with Crippen molar-refractivity contribution in [2.24, 2.45) is 0 Å². The summed E-state index contributed by atoms with van der Waals surface area (Å²) in [7, 11) is 0. The predicted octanol–water partition coefficient (Wildman–Crippen LogP) is 9.69. The Morgan fingerprint density at radius 3 is 1.22 bits per heavy atom. The summed E-state index contributed by atoms with van der Waals surface area (Å²) in [6.07, 6.45) is 0. The molecule has 0 atom stereocenters. The molecular formula is C42H40N2O2. The fraction of sp³-hybridized carbons (Fsp3) is 0.238. The number of fused-ring (bicyclic) bond motifs is 4. The van der Waals surface area contributed by atoms with E-state index in [-0.39, 0.29) is 10.9 Å². The Balaban J connectivity index is 1.79. The van der Waals surface area contributed by atoms with Crippen molar-refractivity contribution in [1.29, 1.82) is 0 Å². The van der Waals surface area contributed by atoms with Gasteiger partial charge in [-0.2, -0.15) is 0 Å². The highest BCUT2D eigenvalue weighted by Crippen LogP contribution is 2.34. The molecule has 4 nitrogen and oxygen atoms in total. The molecule has 7 aromatic rings. The maximum Gasteiger partial charge on any atom is 0.197 e. The molecule has 2 aromatic heterocycles. The van der Waals surface area contributed by atoms with Crippen molar-refractivity contribution in [2.75, 3.05) is 0 Å². The first-order valence-electron chi connectivity index (χ1n) is 16.0. The molecule has 0 amide bonds. The molecule has 0 saturated carbocycles. The lowest BCUT2D eigenvalue weighted by atomic mass is 9.97. The van der Waals surface area contributed by atoms with Crippen LogP contribution in [0.2, 0.25) is 0 Å². The van der Waals surface area contributed by atoms with Crippen LogP contribution in [0.5, 0.6) is 0 Å². The molecule has 0 saturated heterocycles. The molecule has 0 aliphatic rings. The molecule has 0 bridgehead atoms. The number of aromatic nitrogens is 2. The lowest BCUT2D eigenvalue weighted by Gasteiger charge is -2.23. The van der Waals surface area contributed by atoms with E-state index >= 15 is 0 Å². The van der Waals surface area contributed by atoms with Gasteiger partial charge in [-0.3, -0.25) is 9.59 Å². The molecule has 0 N–H and O–H groups in total. The van der Waals surface area contributed by atoms with Crippen LogP contribution in [0.3, 0.4) is 0 Å². The third kappa shape index (κ3) is 4.27. The van der Waals surface area contributed by atoms with Crippen LogP contribution in [0, 0.1) is 69.2 Å². The Morgan fingerprint density at radius 2 is 0.739 bits per heavy atom. The Hall–Kier alpha value is -4.96. The number of aryl methyl sites for hydroxylation is 9. The van der Waals surface area contributed by atoms with Crippen molar-refractivity contribution in [3.05, 3.63) is 137 Å². The molecule has 4 heteroatoms. The van der Waals surface area contributed by atoms with Crippen molar-refractivity contribution >= 4 is 43.6 Å². The zero-order chi connectivity index (χ0) is 32.9. The van der Waals surface area contributed by atoms with Crippen LogP contribution in [-0.4, -0.2) is 9.13 Å². The van der Waals surface area contributed by atoms with Crippen molar-refractivity contribution < 1.29 is 0 Å². The van der Waals surface area contributed by atoms with Gasteiger partial charge in [0, 0.05) is 27.2 Å². The Labute approximate surface area is 269 Å². The van der Waals surface area contributed by atoms with Gasteiger partial charge in [0.1, 0.15) is 0 Å². The third-order valence-electron chi connectivity index (χ3n) is 10.3. The fourth-order valence-electron chi connectivity index (χ4n) is 7.38. The van der Waals surface area contributed by atoms with Crippen LogP contribution in [-0.2, 0) is 0 Å². The van der Waals surface area contributed by atoms with Crippen LogP contribution in [0.4, 0.5) is 0 Å². The largest absolute Gasteiger partial charge is 0.309 e. The lowest BCUT2D eigenvalue weighted by molar-refractivity contribution is 1.09. The highest BCUT2D eigenvalue weighted by molar-refractivity contribution is 6.06. The van der Waals surface area contributed by atoms with Gasteiger partial charge in [-0.15, -0.1) is 0 Å². The van der Waals surface area contributed by atoms with E-state index in [1.807, 2.05) is 24.3 Å². The van der Waals surface area contributed by atoms with E-state index in [1.54, 1.807) is 0 Å². The van der Waals surface area contributed by atoms with Gasteiger partial charge in [0.25, 0.3) is 0 Å². The third-order valence-corrected chi connectivity index (χ3v) is 10.3. The number of benzene rings is 5. The minimum absolute atomic E-state index is 0.0240. The van der Waals surface area contributed by atoms with Crippen molar-refractivity contribution in [3.63, 3.8) is 0 Å². The van der Waals surface area contributed by atoms with Gasteiger partial charge in [-0.1, -0.05) is 17.7 Å². The van der Waals surface area contributed by atoms with Gasteiger partial charge < -0.3 is 9.13 Å². The molecule has 0 radical (unpaired) electrons. The van der Waals surface area contributed by atoms with E-state index in [9.17, 15) is 9.59 Å². The first-order valence-corrected chi connectivity index (χ1v) is 16.0. The van der Waals surface area contributed by atoms with Crippen molar-refractivity contribution in [1.82, 2.24) is 9.13 Å².